The molecule has 0 aliphatic heterocycles. The van der Waals surface area contributed by atoms with Gasteiger partial charge in [-0.25, -0.2) is 9.97 Å². The van der Waals surface area contributed by atoms with E-state index in [2.05, 4.69) is 88.4 Å². The number of hydrogen-bond acceptors (Lipinski definition) is 3. The molecule has 0 spiro atoms. The lowest BCUT2D eigenvalue weighted by atomic mass is 9.90. The third-order valence-electron chi connectivity index (χ3n) is 9.85. The van der Waals surface area contributed by atoms with Crippen molar-refractivity contribution < 1.29 is 0 Å². The van der Waals surface area contributed by atoms with Gasteiger partial charge in [-0.15, -0.1) is 0 Å². The molecule has 5 aromatic rings. The number of aromatic nitrogens is 2. The third-order valence-corrected chi connectivity index (χ3v) is 9.85. The average Bonchev–Trinajstić information content (AvgIpc) is 3.11. The molecule has 5 rings (SSSR count). The topological polar surface area (TPSA) is 49.6 Å². The van der Waals surface area contributed by atoms with E-state index in [1.54, 1.807) is 0 Å². The maximum Gasteiger partial charge on any atom is 0.160 e. The number of aryl methyl sites for hydroxylation is 4. The minimum atomic E-state index is 0.638. The summed E-state index contributed by atoms with van der Waals surface area (Å²) in [4.78, 5) is 10.5. The molecule has 48 heavy (non-hydrogen) atoms. The Morgan fingerprint density at radius 2 is 1.12 bits per heavy atom. The Balaban J connectivity index is 1.60. The lowest BCUT2D eigenvalue weighted by molar-refractivity contribution is 0.605. The van der Waals surface area contributed by atoms with Crippen LogP contribution in [0.3, 0.4) is 0 Å². The van der Waals surface area contributed by atoms with Gasteiger partial charge in [0.25, 0.3) is 0 Å². The number of unbranched alkanes of at least 4 members (excludes halogenated alkanes) is 10. The van der Waals surface area contributed by atoms with E-state index in [9.17, 15) is 5.26 Å². The van der Waals surface area contributed by atoms with Gasteiger partial charge in [-0.1, -0.05) is 121 Å². The Morgan fingerprint density at radius 3 is 1.79 bits per heavy atom. The zero-order chi connectivity index (χ0) is 33.7. The summed E-state index contributed by atoms with van der Waals surface area (Å²) in [6, 6.07) is 30.1. The van der Waals surface area contributed by atoms with Crippen LogP contribution in [-0.2, 0) is 12.8 Å². The third kappa shape index (κ3) is 8.99. The maximum absolute atomic E-state index is 9.45. The van der Waals surface area contributed by atoms with E-state index in [-0.39, 0.29) is 0 Å². The molecular formula is C45H53N3. The Morgan fingerprint density at radius 1 is 0.542 bits per heavy atom. The lowest BCUT2D eigenvalue weighted by Crippen LogP contribution is -2.02. The normalized spacial score (nSPS) is 11.2. The molecule has 0 saturated heterocycles. The van der Waals surface area contributed by atoms with Crippen LogP contribution in [0.5, 0.6) is 0 Å². The molecule has 1 aromatic heterocycles. The highest BCUT2D eigenvalue weighted by molar-refractivity contribution is 5.98. The van der Waals surface area contributed by atoms with Gasteiger partial charge >= 0.3 is 0 Å². The van der Waals surface area contributed by atoms with Gasteiger partial charge in [0.2, 0.25) is 0 Å². The molecule has 0 amide bonds. The number of fused-ring (bicyclic) bond motifs is 1. The fourth-order valence-corrected chi connectivity index (χ4v) is 6.96. The van der Waals surface area contributed by atoms with Gasteiger partial charge < -0.3 is 0 Å². The second-order valence-corrected chi connectivity index (χ2v) is 13.6. The van der Waals surface area contributed by atoms with Crippen molar-refractivity contribution >= 4 is 10.8 Å². The molecule has 0 bridgehead atoms. The molecule has 0 aliphatic carbocycles. The molecule has 0 unspecified atom stereocenters. The zero-order valence-corrected chi connectivity index (χ0v) is 29.7. The smallest absolute Gasteiger partial charge is 0.160 e. The quantitative estimate of drug-likeness (QED) is 0.0955. The van der Waals surface area contributed by atoms with Gasteiger partial charge in [-0.05, 0) is 109 Å². The van der Waals surface area contributed by atoms with Crippen LogP contribution in [-0.4, -0.2) is 9.97 Å². The van der Waals surface area contributed by atoms with Gasteiger partial charge in [0.1, 0.15) is 0 Å². The van der Waals surface area contributed by atoms with Crippen LogP contribution in [0.4, 0.5) is 0 Å². The van der Waals surface area contributed by atoms with E-state index in [4.69, 9.17) is 9.97 Å². The molecule has 4 aromatic carbocycles. The van der Waals surface area contributed by atoms with Crippen molar-refractivity contribution in [3.8, 4) is 40.0 Å². The average molecular weight is 636 g/mol. The van der Waals surface area contributed by atoms with Crippen molar-refractivity contribution in [1.29, 1.82) is 5.26 Å². The van der Waals surface area contributed by atoms with Crippen molar-refractivity contribution in [2.75, 3.05) is 0 Å². The Kier molecular flexibility index (Phi) is 12.9. The summed E-state index contributed by atoms with van der Waals surface area (Å²) in [5.41, 5.74) is 11.3. The van der Waals surface area contributed by atoms with Crippen molar-refractivity contribution in [3.63, 3.8) is 0 Å². The van der Waals surface area contributed by atoms with Gasteiger partial charge in [0.05, 0.1) is 23.0 Å². The molecule has 248 valence electrons. The van der Waals surface area contributed by atoms with Crippen LogP contribution in [0.1, 0.15) is 119 Å². The van der Waals surface area contributed by atoms with Crippen LogP contribution in [0.2, 0.25) is 0 Å². The number of nitrogens with zero attached hydrogens (tertiary/aromatic N) is 3. The maximum atomic E-state index is 9.45. The van der Waals surface area contributed by atoms with E-state index >= 15 is 0 Å². The van der Waals surface area contributed by atoms with E-state index in [1.165, 1.54) is 116 Å². The first-order valence-electron chi connectivity index (χ1n) is 18.5. The standard InChI is InChI=1S/C45H53N3/c1-5-7-9-11-13-15-20-37-30-42(38(29-34(37)4)21-16-14-12-10-8-6-2)44-31-43(41-24-18-22-39-33(3)19-17-23-40(39)41)47-45(48-44)36-27-25-35(32-46)26-28-36/h17-19,22-31H,5-16,20-21H2,1-4H3. The summed E-state index contributed by atoms with van der Waals surface area (Å²) in [6.07, 6.45) is 17.6. The summed E-state index contributed by atoms with van der Waals surface area (Å²) < 4.78 is 0. The summed E-state index contributed by atoms with van der Waals surface area (Å²) in [7, 11) is 0. The van der Waals surface area contributed by atoms with Gasteiger partial charge in [-0.2, -0.15) is 5.26 Å². The van der Waals surface area contributed by atoms with Crippen LogP contribution in [0.15, 0.2) is 78.9 Å². The zero-order valence-electron chi connectivity index (χ0n) is 29.7. The van der Waals surface area contributed by atoms with Gasteiger partial charge in [0.15, 0.2) is 5.82 Å². The molecule has 0 atom stereocenters. The number of hydrogen-bond donors (Lipinski definition) is 0. The van der Waals surface area contributed by atoms with E-state index in [0.29, 0.717) is 11.4 Å². The predicted molar refractivity (Wildman–Crippen MR) is 204 cm³/mol. The Labute approximate surface area is 289 Å². The van der Waals surface area contributed by atoms with Crippen molar-refractivity contribution in [3.05, 3.63) is 107 Å². The number of rotatable bonds is 17. The molecule has 0 saturated carbocycles. The summed E-state index contributed by atoms with van der Waals surface area (Å²) >= 11 is 0. The largest absolute Gasteiger partial charge is 0.228 e. The molecule has 0 fully saturated rings. The van der Waals surface area contributed by atoms with Crippen LogP contribution < -0.4 is 0 Å². The minimum absolute atomic E-state index is 0.638. The van der Waals surface area contributed by atoms with Crippen LogP contribution in [0.25, 0.3) is 44.7 Å². The second kappa shape index (κ2) is 17.7. The summed E-state index contributed by atoms with van der Waals surface area (Å²) in [6.45, 7) is 9.03. The Bertz CT molecular complexity index is 1830. The monoisotopic (exact) mass is 635 g/mol. The van der Waals surface area contributed by atoms with Crippen molar-refractivity contribution in [1.82, 2.24) is 9.97 Å². The number of benzene rings is 4. The molecular weight excluding hydrogens is 583 g/mol. The number of nitriles is 1. The molecule has 0 N–H and O–H groups in total. The highest BCUT2D eigenvalue weighted by Gasteiger charge is 2.17. The van der Waals surface area contributed by atoms with E-state index in [0.717, 1.165) is 35.4 Å². The molecule has 0 aliphatic rings. The van der Waals surface area contributed by atoms with Crippen LogP contribution >= 0.6 is 0 Å². The first-order valence-corrected chi connectivity index (χ1v) is 18.5. The highest BCUT2D eigenvalue weighted by atomic mass is 14.9. The molecule has 1 heterocycles. The first-order chi connectivity index (χ1) is 23.5. The van der Waals surface area contributed by atoms with Crippen LogP contribution in [0, 0.1) is 25.2 Å². The van der Waals surface area contributed by atoms with Gasteiger partial charge in [0, 0.05) is 16.7 Å². The van der Waals surface area contributed by atoms with Gasteiger partial charge in [-0.3, -0.25) is 0 Å². The highest BCUT2D eigenvalue weighted by Crippen LogP contribution is 2.35. The van der Waals surface area contributed by atoms with E-state index < -0.39 is 0 Å². The van der Waals surface area contributed by atoms with Crippen molar-refractivity contribution in [2.24, 2.45) is 0 Å². The van der Waals surface area contributed by atoms with Crippen molar-refractivity contribution in [2.45, 2.75) is 118 Å². The summed E-state index contributed by atoms with van der Waals surface area (Å²) in [5, 5.41) is 11.9. The lowest BCUT2D eigenvalue weighted by Gasteiger charge is -2.17. The van der Waals surface area contributed by atoms with E-state index in [1.807, 2.05) is 24.3 Å². The first kappa shape index (κ1) is 35.0. The molecule has 0 radical (unpaired) electrons. The minimum Gasteiger partial charge on any atom is -0.228 e. The fraction of sp³-hybridized carbons (Fsp3) is 0.400. The summed E-state index contributed by atoms with van der Waals surface area (Å²) in [5.74, 6) is 0.695. The molecule has 3 heteroatoms. The fourth-order valence-electron chi connectivity index (χ4n) is 6.96. The predicted octanol–water partition coefficient (Wildman–Crippen LogP) is 12.9. The second-order valence-electron chi connectivity index (χ2n) is 13.6. The SMILES string of the molecule is CCCCCCCCc1cc(-c2cc(-c3cccc4c(C)cccc34)nc(-c3ccc(C#N)cc3)n2)c(CCCCCCCC)cc1C. The Hall–Kier alpha value is -4.29. The molecule has 3 nitrogen and oxygen atoms in total.